The number of aliphatic hydroxyl groups excluding tert-OH is 2. The van der Waals surface area contributed by atoms with Crippen molar-refractivity contribution >= 4 is 33.5 Å². The van der Waals surface area contributed by atoms with Gasteiger partial charge in [0, 0.05) is 9.50 Å². The van der Waals surface area contributed by atoms with Gasteiger partial charge < -0.3 is 14.9 Å². The highest BCUT2D eigenvalue weighted by Crippen LogP contribution is 2.28. The molecule has 17 heavy (non-hydrogen) atoms. The number of carbonyl (C=O) groups is 1. The van der Waals surface area contributed by atoms with E-state index >= 15 is 0 Å². The molecule has 1 aromatic rings. The van der Waals surface area contributed by atoms with E-state index in [1.54, 1.807) is 19.1 Å². The minimum atomic E-state index is -1.63. The van der Waals surface area contributed by atoms with E-state index in [2.05, 4.69) is 20.7 Å². The van der Waals surface area contributed by atoms with Gasteiger partial charge in [0.25, 0.3) is 0 Å². The number of hydrogen-bond donors (Lipinski definition) is 2. The predicted octanol–water partition coefficient (Wildman–Crippen LogP) is 2.06. The van der Waals surface area contributed by atoms with Crippen molar-refractivity contribution < 1.29 is 19.7 Å². The molecular weight excluding hydrogens is 311 g/mol. The molecule has 0 heterocycles. The van der Waals surface area contributed by atoms with Gasteiger partial charge >= 0.3 is 5.97 Å². The Morgan fingerprint density at radius 1 is 1.53 bits per heavy atom. The standard InChI is InChI=1S/C11H12BrClO4/c1-2-17-11(16)10(15)9(14)7-5-6(13)3-4-8(7)12/h3-5,9-10,14-15H,2H2,1H3. The molecule has 0 aliphatic rings. The van der Waals surface area contributed by atoms with E-state index in [0.717, 1.165) is 0 Å². The Morgan fingerprint density at radius 2 is 2.18 bits per heavy atom. The summed E-state index contributed by atoms with van der Waals surface area (Å²) in [5, 5.41) is 19.9. The van der Waals surface area contributed by atoms with Gasteiger partial charge in [0.1, 0.15) is 6.10 Å². The van der Waals surface area contributed by atoms with Crippen molar-refractivity contribution in [3.8, 4) is 0 Å². The Morgan fingerprint density at radius 3 is 2.76 bits per heavy atom. The van der Waals surface area contributed by atoms with Gasteiger partial charge in [0.05, 0.1) is 6.61 Å². The molecule has 0 aromatic heterocycles. The number of carbonyl (C=O) groups excluding carboxylic acids is 1. The summed E-state index contributed by atoms with van der Waals surface area (Å²) >= 11 is 8.98. The van der Waals surface area contributed by atoms with Crippen LogP contribution in [-0.4, -0.2) is 28.9 Å². The average molecular weight is 324 g/mol. The van der Waals surface area contributed by atoms with E-state index in [1.165, 1.54) is 6.07 Å². The van der Waals surface area contributed by atoms with E-state index in [9.17, 15) is 15.0 Å². The number of ether oxygens (including phenoxy) is 1. The lowest BCUT2D eigenvalue weighted by Crippen LogP contribution is -2.30. The summed E-state index contributed by atoms with van der Waals surface area (Å²) in [6, 6.07) is 4.72. The first-order valence-electron chi connectivity index (χ1n) is 4.95. The van der Waals surface area contributed by atoms with Crippen molar-refractivity contribution in [1.29, 1.82) is 0 Å². The van der Waals surface area contributed by atoms with Gasteiger partial charge in [-0.15, -0.1) is 0 Å². The Kier molecular flexibility index (Phi) is 5.39. The fourth-order valence-corrected chi connectivity index (χ4v) is 1.93. The molecule has 0 radical (unpaired) electrons. The van der Waals surface area contributed by atoms with Gasteiger partial charge in [-0.3, -0.25) is 0 Å². The topological polar surface area (TPSA) is 66.8 Å². The lowest BCUT2D eigenvalue weighted by atomic mass is 10.0. The predicted molar refractivity (Wildman–Crippen MR) is 66.8 cm³/mol. The lowest BCUT2D eigenvalue weighted by Gasteiger charge is -2.18. The Labute approximate surface area is 112 Å². The largest absolute Gasteiger partial charge is 0.464 e. The molecule has 0 amide bonds. The number of benzene rings is 1. The lowest BCUT2D eigenvalue weighted by molar-refractivity contribution is -0.159. The number of rotatable bonds is 4. The van der Waals surface area contributed by atoms with Crippen LogP contribution in [0.25, 0.3) is 0 Å². The van der Waals surface area contributed by atoms with Gasteiger partial charge in [-0.05, 0) is 30.7 Å². The van der Waals surface area contributed by atoms with E-state index in [-0.39, 0.29) is 6.61 Å². The third-order valence-corrected chi connectivity index (χ3v) is 3.06. The molecule has 4 nitrogen and oxygen atoms in total. The van der Waals surface area contributed by atoms with Gasteiger partial charge in [-0.25, -0.2) is 4.79 Å². The highest BCUT2D eigenvalue weighted by Gasteiger charge is 2.28. The normalized spacial score (nSPS) is 14.2. The molecule has 1 aromatic carbocycles. The van der Waals surface area contributed by atoms with Crippen LogP contribution >= 0.6 is 27.5 Å². The maximum absolute atomic E-state index is 11.3. The molecule has 6 heteroatoms. The molecule has 0 fully saturated rings. The zero-order valence-corrected chi connectivity index (χ0v) is 11.4. The Balaban J connectivity index is 2.91. The summed E-state index contributed by atoms with van der Waals surface area (Å²) in [5.74, 6) is -0.869. The Bertz CT molecular complexity index is 410. The molecule has 0 saturated carbocycles. The minimum absolute atomic E-state index is 0.138. The monoisotopic (exact) mass is 322 g/mol. The van der Waals surface area contributed by atoms with Gasteiger partial charge in [0.15, 0.2) is 6.10 Å². The first-order chi connectivity index (χ1) is 7.97. The van der Waals surface area contributed by atoms with Crippen molar-refractivity contribution in [1.82, 2.24) is 0 Å². The molecule has 2 unspecified atom stereocenters. The van der Waals surface area contributed by atoms with Crippen LogP contribution in [0.5, 0.6) is 0 Å². The first-order valence-corrected chi connectivity index (χ1v) is 6.12. The maximum atomic E-state index is 11.3. The van der Waals surface area contributed by atoms with E-state index < -0.39 is 18.2 Å². The third kappa shape index (κ3) is 3.67. The zero-order chi connectivity index (χ0) is 13.0. The average Bonchev–Trinajstić information content (AvgIpc) is 2.30. The summed E-state index contributed by atoms with van der Waals surface area (Å²) in [6.45, 7) is 1.76. The molecule has 0 saturated heterocycles. The molecule has 2 N–H and O–H groups in total. The molecule has 0 aliphatic heterocycles. The zero-order valence-electron chi connectivity index (χ0n) is 9.06. The van der Waals surface area contributed by atoms with Crippen LogP contribution in [0, 0.1) is 0 Å². The number of esters is 1. The SMILES string of the molecule is CCOC(=O)C(O)C(O)c1cc(Cl)ccc1Br. The van der Waals surface area contributed by atoms with Crippen LogP contribution in [0.4, 0.5) is 0 Å². The highest BCUT2D eigenvalue weighted by atomic mass is 79.9. The molecule has 0 spiro atoms. The fraction of sp³-hybridized carbons (Fsp3) is 0.364. The van der Waals surface area contributed by atoms with Gasteiger partial charge in [-0.2, -0.15) is 0 Å². The van der Waals surface area contributed by atoms with E-state index in [1.807, 2.05) is 0 Å². The molecular formula is C11H12BrClO4. The van der Waals surface area contributed by atoms with Crippen LogP contribution in [-0.2, 0) is 9.53 Å². The smallest absolute Gasteiger partial charge is 0.338 e. The third-order valence-electron chi connectivity index (χ3n) is 2.10. The van der Waals surface area contributed by atoms with Crippen LogP contribution in [0.2, 0.25) is 5.02 Å². The summed E-state index contributed by atoms with van der Waals surface area (Å²) in [6.07, 6.45) is -3.02. The highest BCUT2D eigenvalue weighted by molar-refractivity contribution is 9.10. The van der Waals surface area contributed by atoms with Crippen LogP contribution < -0.4 is 0 Å². The van der Waals surface area contributed by atoms with Crippen molar-refractivity contribution in [2.75, 3.05) is 6.61 Å². The molecule has 1 rings (SSSR count). The Hall–Kier alpha value is -0.620. The van der Waals surface area contributed by atoms with E-state index in [0.29, 0.717) is 15.1 Å². The molecule has 2 atom stereocenters. The quantitative estimate of drug-likeness (QED) is 0.832. The maximum Gasteiger partial charge on any atom is 0.338 e. The van der Waals surface area contributed by atoms with Crippen molar-refractivity contribution in [3.05, 3.63) is 33.3 Å². The minimum Gasteiger partial charge on any atom is -0.464 e. The van der Waals surface area contributed by atoms with Crippen LogP contribution in [0.1, 0.15) is 18.6 Å². The van der Waals surface area contributed by atoms with Crippen LogP contribution in [0.3, 0.4) is 0 Å². The second-order valence-electron chi connectivity index (χ2n) is 3.31. The molecule has 0 aliphatic carbocycles. The second kappa shape index (κ2) is 6.35. The summed E-state index contributed by atoms with van der Waals surface area (Å²) in [7, 11) is 0. The molecule has 94 valence electrons. The van der Waals surface area contributed by atoms with Gasteiger partial charge in [0.2, 0.25) is 0 Å². The van der Waals surface area contributed by atoms with Gasteiger partial charge in [-0.1, -0.05) is 27.5 Å². The second-order valence-corrected chi connectivity index (χ2v) is 4.60. The summed E-state index contributed by atoms with van der Waals surface area (Å²) in [4.78, 5) is 11.3. The fourth-order valence-electron chi connectivity index (χ4n) is 1.27. The summed E-state index contributed by atoms with van der Waals surface area (Å²) < 4.78 is 5.17. The summed E-state index contributed by atoms with van der Waals surface area (Å²) in [5.41, 5.74) is 0.332. The van der Waals surface area contributed by atoms with Crippen molar-refractivity contribution in [2.45, 2.75) is 19.1 Å². The van der Waals surface area contributed by atoms with Crippen molar-refractivity contribution in [3.63, 3.8) is 0 Å². The van der Waals surface area contributed by atoms with Crippen molar-refractivity contribution in [2.24, 2.45) is 0 Å². The van der Waals surface area contributed by atoms with E-state index in [4.69, 9.17) is 11.6 Å². The number of halogens is 2. The van der Waals surface area contributed by atoms with Crippen LogP contribution in [0.15, 0.2) is 22.7 Å². The number of hydrogen-bond acceptors (Lipinski definition) is 4. The molecule has 0 bridgehead atoms. The first kappa shape index (κ1) is 14.4. The number of aliphatic hydroxyl groups is 2.